The summed E-state index contributed by atoms with van der Waals surface area (Å²) in [6, 6.07) is 0. The molecule has 1 aromatic heterocycles. The Morgan fingerprint density at radius 1 is 1.43 bits per heavy atom. The third-order valence-electron chi connectivity index (χ3n) is 2.77. The Labute approximate surface area is 86.3 Å². The van der Waals surface area contributed by atoms with E-state index in [1.807, 2.05) is 11.6 Å². The van der Waals surface area contributed by atoms with Crippen LogP contribution in [0.15, 0.2) is 0 Å². The lowest BCUT2D eigenvalue weighted by atomic mass is 10.0. The van der Waals surface area contributed by atoms with Gasteiger partial charge in [-0.25, -0.2) is 4.98 Å². The minimum absolute atomic E-state index is 0.478. The molecule has 2 N–H and O–H groups in total. The fraction of sp³-hybridized carbons (Fsp3) is 0.727. The zero-order valence-corrected chi connectivity index (χ0v) is 9.67. The van der Waals surface area contributed by atoms with Crippen LogP contribution in [0.5, 0.6) is 0 Å². The molecule has 14 heavy (non-hydrogen) atoms. The van der Waals surface area contributed by atoms with Gasteiger partial charge in [0.1, 0.15) is 11.6 Å². The summed E-state index contributed by atoms with van der Waals surface area (Å²) in [5.41, 5.74) is 7.09. The molecule has 1 rings (SSSR count). The molecular formula is C11H21N3. The van der Waals surface area contributed by atoms with Crippen molar-refractivity contribution in [3.63, 3.8) is 0 Å². The molecule has 0 amide bonds. The van der Waals surface area contributed by atoms with Crippen LogP contribution in [0.3, 0.4) is 0 Å². The standard InChI is InChI=1S/C11H21N3/c1-5-7-8(3)10-11(12)14(4)9(6-2)13-10/h8H,5-7,12H2,1-4H3. The first-order chi connectivity index (χ1) is 6.61. The lowest BCUT2D eigenvalue weighted by molar-refractivity contribution is 0.650. The highest BCUT2D eigenvalue weighted by Crippen LogP contribution is 2.25. The van der Waals surface area contributed by atoms with Crippen LogP contribution in [0.25, 0.3) is 0 Å². The first-order valence-corrected chi connectivity index (χ1v) is 5.42. The summed E-state index contributed by atoms with van der Waals surface area (Å²) in [4.78, 5) is 4.58. The molecule has 1 aromatic rings. The van der Waals surface area contributed by atoms with Gasteiger partial charge in [-0.1, -0.05) is 27.2 Å². The van der Waals surface area contributed by atoms with Gasteiger partial charge in [-0.05, 0) is 6.42 Å². The fourth-order valence-corrected chi connectivity index (χ4v) is 1.83. The first kappa shape index (κ1) is 11.1. The largest absolute Gasteiger partial charge is 0.384 e. The van der Waals surface area contributed by atoms with Gasteiger partial charge < -0.3 is 10.3 Å². The van der Waals surface area contributed by atoms with Crippen LogP contribution in [0.4, 0.5) is 5.82 Å². The van der Waals surface area contributed by atoms with E-state index in [0.29, 0.717) is 5.92 Å². The van der Waals surface area contributed by atoms with Gasteiger partial charge >= 0.3 is 0 Å². The van der Waals surface area contributed by atoms with Crippen LogP contribution < -0.4 is 5.73 Å². The van der Waals surface area contributed by atoms with Crippen molar-refractivity contribution >= 4 is 5.82 Å². The summed E-state index contributed by atoms with van der Waals surface area (Å²) in [6.07, 6.45) is 3.28. The third-order valence-corrected chi connectivity index (χ3v) is 2.77. The summed E-state index contributed by atoms with van der Waals surface area (Å²) >= 11 is 0. The Bertz CT molecular complexity index is 302. The number of nitrogens with two attached hydrogens (primary N) is 1. The molecule has 3 heteroatoms. The normalized spacial score (nSPS) is 13.1. The van der Waals surface area contributed by atoms with Gasteiger partial charge in [0, 0.05) is 19.4 Å². The molecule has 3 nitrogen and oxygen atoms in total. The number of nitrogen functional groups attached to an aromatic ring is 1. The molecule has 0 spiro atoms. The quantitative estimate of drug-likeness (QED) is 0.802. The highest BCUT2D eigenvalue weighted by molar-refractivity contribution is 5.40. The van der Waals surface area contributed by atoms with Crippen LogP contribution >= 0.6 is 0 Å². The van der Waals surface area contributed by atoms with Crippen molar-refractivity contribution in [1.29, 1.82) is 0 Å². The maximum Gasteiger partial charge on any atom is 0.126 e. The molecule has 0 aliphatic rings. The van der Waals surface area contributed by atoms with Gasteiger partial charge in [-0.2, -0.15) is 0 Å². The monoisotopic (exact) mass is 195 g/mol. The summed E-state index contributed by atoms with van der Waals surface area (Å²) < 4.78 is 2.00. The predicted octanol–water partition coefficient (Wildman–Crippen LogP) is 2.47. The van der Waals surface area contributed by atoms with Crippen molar-refractivity contribution in [3.05, 3.63) is 11.5 Å². The SMILES string of the molecule is CCCC(C)c1nc(CC)n(C)c1N. The molecule has 0 aliphatic carbocycles. The van der Waals surface area contributed by atoms with E-state index in [0.717, 1.165) is 30.2 Å². The van der Waals surface area contributed by atoms with E-state index in [4.69, 9.17) is 5.73 Å². The maximum absolute atomic E-state index is 6.01. The van der Waals surface area contributed by atoms with E-state index in [-0.39, 0.29) is 0 Å². The molecule has 0 aromatic carbocycles. The molecule has 0 saturated heterocycles. The second-order valence-corrected chi connectivity index (χ2v) is 3.90. The van der Waals surface area contributed by atoms with Crippen molar-refractivity contribution in [2.24, 2.45) is 7.05 Å². The zero-order valence-electron chi connectivity index (χ0n) is 9.67. The predicted molar refractivity (Wildman–Crippen MR) is 60.3 cm³/mol. The Kier molecular flexibility index (Phi) is 3.55. The molecule has 1 atom stereocenters. The van der Waals surface area contributed by atoms with Crippen molar-refractivity contribution in [3.8, 4) is 0 Å². The number of aryl methyl sites for hydroxylation is 1. The molecule has 80 valence electrons. The smallest absolute Gasteiger partial charge is 0.126 e. The summed E-state index contributed by atoms with van der Waals surface area (Å²) in [6.45, 7) is 6.49. The highest BCUT2D eigenvalue weighted by Gasteiger charge is 2.15. The van der Waals surface area contributed by atoms with Crippen LogP contribution in [-0.2, 0) is 13.5 Å². The Morgan fingerprint density at radius 3 is 2.50 bits per heavy atom. The van der Waals surface area contributed by atoms with Gasteiger partial charge in [0.25, 0.3) is 0 Å². The van der Waals surface area contributed by atoms with Gasteiger partial charge in [0.15, 0.2) is 0 Å². The fourth-order valence-electron chi connectivity index (χ4n) is 1.83. The van der Waals surface area contributed by atoms with Gasteiger partial charge in [-0.15, -0.1) is 0 Å². The number of aromatic nitrogens is 2. The van der Waals surface area contributed by atoms with Crippen LogP contribution in [0.1, 0.15) is 51.0 Å². The summed E-state index contributed by atoms with van der Waals surface area (Å²) in [5, 5.41) is 0. The second kappa shape index (κ2) is 4.49. The average Bonchev–Trinajstić information content (AvgIpc) is 2.44. The molecule has 0 bridgehead atoms. The van der Waals surface area contributed by atoms with Crippen LogP contribution in [0.2, 0.25) is 0 Å². The number of imidazole rings is 1. The van der Waals surface area contributed by atoms with E-state index in [2.05, 4.69) is 25.8 Å². The maximum atomic E-state index is 6.01. The number of hydrogen-bond acceptors (Lipinski definition) is 2. The summed E-state index contributed by atoms with van der Waals surface area (Å²) in [7, 11) is 1.99. The number of hydrogen-bond donors (Lipinski definition) is 1. The van der Waals surface area contributed by atoms with Crippen molar-refractivity contribution < 1.29 is 0 Å². The Balaban J connectivity index is 2.97. The third kappa shape index (κ3) is 1.91. The number of rotatable bonds is 4. The Hall–Kier alpha value is -0.990. The van der Waals surface area contributed by atoms with Crippen LogP contribution in [0, 0.1) is 0 Å². The van der Waals surface area contributed by atoms with E-state index in [1.165, 1.54) is 6.42 Å². The average molecular weight is 195 g/mol. The van der Waals surface area contributed by atoms with Crippen LogP contribution in [-0.4, -0.2) is 9.55 Å². The molecule has 0 saturated carbocycles. The van der Waals surface area contributed by atoms with E-state index >= 15 is 0 Å². The molecule has 0 radical (unpaired) electrons. The molecule has 0 fully saturated rings. The summed E-state index contributed by atoms with van der Waals surface area (Å²) in [5.74, 6) is 2.40. The number of anilines is 1. The Morgan fingerprint density at radius 2 is 2.07 bits per heavy atom. The van der Waals surface area contributed by atoms with Crippen molar-refractivity contribution in [1.82, 2.24) is 9.55 Å². The molecule has 0 aliphatic heterocycles. The topological polar surface area (TPSA) is 43.8 Å². The molecular weight excluding hydrogens is 174 g/mol. The van der Waals surface area contributed by atoms with E-state index in [9.17, 15) is 0 Å². The number of nitrogens with zero attached hydrogens (tertiary/aromatic N) is 2. The highest BCUT2D eigenvalue weighted by atomic mass is 15.1. The van der Waals surface area contributed by atoms with Gasteiger partial charge in [0.2, 0.25) is 0 Å². The van der Waals surface area contributed by atoms with Crippen molar-refractivity contribution in [2.45, 2.75) is 46.0 Å². The first-order valence-electron chi connectivity index (χ1n) is 5.42. The van der Waals surface area contributed by atoms with E-state index in [1.54, 1.807) is 0 Å². The molecule has 1 unspecified atom stereocenters. The van der Waals surface area contributed by atoms with Crippen molar-refractivity contribution in [2.75, 3.05) is 5.73 Å². The lowest BCUT2D eigenvalue weighted by Crippen LogP contribution is -2.02. The minimum atomic E-state index is 0.478. The van der Waals surface area contributed by atoms with Gasteiger partial charge in [0.05, 0.1) is 5.69 Å². The van der Waals surface area contributed by atoms with Gasteiger partial charge in [-0.3, -0.25) is 0 Å². The van der Waals surface area contributed by atoms with E-state index < -0.39 is 0 Å². The lowest BCUT2D eigenvalue weighted by Gasteiger charge is -2.07. The second-order valence-electron chi connectivity index (χ2n) is 3.90. The molecule has 1 heterocycles. The zero-order chi connectivity index (χ0) is 10.7. The minimum Gasteiger partial charge on any atom is -0.384 e.